The monoisotopic (exact) mass is 376 g/mol. The Morgan fingerprint density at radius 1 is 1.12 bits per heavy atom. The number of nitrogens with one attached hydrogen (secondary N) is 1. The third kappa shape index (κ3) is 4.66. The van der Waals surface area contributed by atoms with Crippen LogP contribution in [-0.4, -0.2) is 20.1 Å². The molecule has 2 rings (SSSR count). The van der Waals surface area contributed by atoms with Crippen LogP contribution in [0, 0.1) is 11.3 Å². The summed E-state index contributed by atoms with van der Waals surface area (Å²) >= 11 is 11.9. The molecule has 2 aromatic carbocycles. The molecule has 1 amide bonds. The van der Waals surface area contributed by atoms with E-state index in [1.165, 1.54) is 26.4 Å². The van der Waals surface area contributed by atoms with Gasteiger partial charge in [0.25, 0.3) is 5.91 Å². The normalized spacial score (nSPS) is 10.8. The summed E-state index contributed by atoms with van der Waals surface area (Å²) < 4.78 is 10.4. The number of nitriles is 1. The second-order valence-corrected chi connectivity index (χ2v) is 5.71. The molecule has 1 N–H and O–H groups in total. The molecule has 0 aliphatic carbocycles. The van der Waals surface area contributed by atoms with Gasteiger partial charge in [-0.05, 0) is 42.0 Å². The summed E-state index contributed by atoms with van der Waals surface area (Å²) in [6.07, 6.45) is 1.44. The van der Waals surface area contributed by atoms with E-state index in [1.807, 2.05) is 6.07 Å². The number of anilines is 1. The molecule has 0 spiro atoms. The predicted octanol–water partition coefficient (Wildman–Crippen LogP) is 4.56. The molecule has 0 unspecified atom stereocenters. The van der Waals surface area contributed by atoms with E-state index in [2.05, 4.69) is 5.32 Å². The number of ether oxygens (including phenoxy) is 2. The molecule has 2 aromatic rings. The van der Waals surface area contributed by atoms with Crippen LogP contribution < -0.4 is 14.8 Å². The van der Waals surface area contributed by atoms with Crippen molar-refractivity contribution in [3.8, 4) is 17.6 Å². The van der Waals surface area contributed by atoms with Gasteiger partial charge in [0.2, 0.25) is 0 Å². The van der Waals surface area contributed by atoms with Crippen LogP contribution in [0.25, 0.3) is 6.08 Å². The van der Waals surface area contributed by atoms with E-state index in [4.69, 9.17) is 32.7 Å². The first-order chi connectivity index (χ1) is 12.0. The molecule has 0 atom stereocenters. The quantitative estimate of drug-likeness (QED) is 0.613. The first-order valence-electron chi connectivity index (χ1n) is 7.08. The molecular weight excluding hydrogens is 363 g/mol. The maximum atomic E-state index is 12.3. The van der Waals surface area contributed by atoms with Crippen molar-refractivity contribution in [3.05, 3.63) is 57.6 Å². The van der Waals surface area contributed by atoms with E-state index in [0.717, 1.165) is 0 Å². The van der Waals surface area contributed by atoms with E-state index in [-0.39, 0.29) is 5.57 Å². The van der Waals surface area contributed by atoms with Crippen molar-refractivity contribution in [2.45, 2.75) is 0 Å². The molecule has 0 aromatic heterocycles. The first kappa shape index (κ1) is 18.7. The summed E-state index contributed by atoms with van der Waals surface area (Å²) in [5.74, 6) is 0.446. The average Bonchev–Trinajstić information content (AvgIpc) is 2.62. The van der Waals surface area contributed by atoms with Gasteiger partial charge >= 0.3 is 0 Å². The maximum absolute atomic E-state index is 12.3. The summed E-state index contributed by atoms with van der Waals surface area (Å²) in [5.41, 5.74) is 0.845. The summed E-state index contributed by atoms with van der Waals surface area (Å²) in [5, 5.41) is 12.6. The van der Waals surface area contributed by atoms with Crippen molar-refractivity contribution in [2.24, 2.45) is 0 Å². The molecule has 7 heteroatoms. The minimum Gasteiger partial charge on any atom is -0.493 e. The van der Waals surface area contributed by atoms with Crippen LogP contribution in [0.5, 0.6) is 11.5 Å². The molecule has 5 nitrogen and oxygen atoms in total. The Morgan fingerprint density at radius 2 is 1.84 bits per heavy atom. The fourth-order valence-electron chi connectivity index (χ4n) is 2.04. The summed E-state index contributed by atoms with van der Waals surface area (Å²) in [4.78, 5) is 12.3. The van der Waals surface area contributed by atoms with Crippen molar-refractivity contribution < 1.29 is 14.3 Å². The lowest BCUT2D eigenvalue weighted by atomic mass is 10.1. The van der Waals surface area contributed by atoms with Gasteiger partial charge in [-0.15, -0.1) is 0 Å². The lowest BCUT2D eigenvalue weighted by Crippen LogP contribution is -2.13. The largest absolute Gasteiger partial charge is 0.493 e. The van der Waals surface area contributed by atoms with Crippen LogP contribution in [0.4, 0.5) is 5.69 Å². The van der Waals surface area contributed by atoms with Gasteiger partial charge in [0.05, 0.1) is 24.9 Å². The minimum atomic E-state index is -0.596. The Balaban J connectivity index is 2.29. The number of nitrogens with zero attached hydrogens (tertiary/aromatic N) is 1. The molecule has 25 heavy (non-hydrogen) atoms. The van der Waals surface area contributed by atoms with E-state index >= 15 is 0 Å². The second-order valence-electron chi connectivity index (χ2n) is 4.86. The predicted molar refractivity (Wildman–Crippen MR) is 98.2 cm³/mol. The van der Waals surface area contributed by atoms with Gasteiger partial charge in [0.1, 0.15) is 11.6 Å². The highest BCUT2D eigenvalue weighted by Crippen LogP contribution is 2.29. The molecule has 0 bridgehead atoms. The number of methoxy groups -OCH3 is 2. The van der Waals surface area contributed by atoms with Gasteiger partial charge in [-0.25, -0.2) is 0 Å². The number of carbonyl (C=O) groups is 1. The maximum Gasteiger partial charge on any atom is 0.266 e. The average molecular weight is 377 g/mol. The van der Waals surface area contributed by atoms with Gasteiger partial charge in [0.15, 0.2) is 11.5 Å². The van der Waals surface area contributed by atoms with Crippen molar-refractivity contribution in [3.63, 3.8) is 0 Å². The topological polar surface area (TPSA) is 71.3 Å². The zero-order valence-electron chi connectivity index (χ0n) is 13.5. The number of benzene rings is 2. The Morgan fingerprint density at radius 3 is 2.48 bits per heavy atom. The Bertz CT molecular complexity index is 873. The third-order valence-electron chi connectivity index (χ3n) is 3.26. The van der Waals surface area contributed by atoms with Crippen molar-refractivity contribution in [2.75, 3.05) is 19.5 Å². The highest BCUT2D eigenvalue weighted by molar-refractivity contribution is 6.36. The zero-order valence-corrected chi connectivity index (χ0v) is 15.0. The van der Waals surface area contributed by atoms with Gasteiger partial charge in [-0.1, -0.05) is 29.3 Å². The van der Waals surface area contributed by atoms with Crippen LogP contribution in [0.2, 0.25) is 10.0 Å². The minimum absolute atomic E-state index is 0.0942. The smallest absolute Gasteiger partial charge is 0.266 e. The van der Waals surface area contributed by atoms with Crippen molar-refractivity contribution in [1.29, 1.82) is 5.26 Å². The van der Waals surface area contributed by atoms with Gasteiger partial charge in [-0.2, -0.15) is 5.26 Å². The number of hydrogen-bond acceptors (Lipinski definition) is 4. The van der Waals surface area contributed by atoms with Crippen LogP contribution >= 0.6 is 23.2 Å². The number of halogens is 2. The molecule has 0 radical (unpaired) electrons. The van der Waals surface area contributed by atoms with Crippen LogP contribution in [0.1, 0.15) is 5.56 Å². The lowest BCUT2D eigenvalue weighted by molar-refractivity contribution is -0.112. The molecule has 0 fully saturated rings. The van der Waals surface area contributed by atoms with Crippen LogP contribution in [0.3, 0.4) is 0 Å². The molecule has 0 saturated carbocycles. The fraction of sp³-hybridized carbons (Fsp3) is 0.111. The Hall–Kier alpha value is -2.68. The van der Waals surface area contributed by atoms with Crippen LogP contribution in [0.15, 0.2) is 42.0 Å². The van der Waals surface area contributed by atoms with Crippen molar-refractivity contribution >= 4 is 40.9 Å². The number of carbonyl (C=O) groups excluding carboxylic acids is 1. The summed E-state index contributed by atoms with van der Waals surface area (Å²) in [6, 6.07) is 11.6. The highest BCUT2D eigenvalue weighted by Gasteiger charge is 2.13. The van der Waals surface area contributed by atoms with E-state index in [0.29, 0.717) is 32.8 Å². The molecule has 0 aliphatic rings. The van der Waals surface area contributed by atoms with Gasteiger partial charge in [-0.3, -0.25) is 4.79 Å². The highest BCUT2D eigenvalue weighted by atomic mass is 35.5. The summed E-state index contributed by atoms with van der Waals surface area (Å²) in [6.45, 7) is 0. The second kappa shape index (κ2) is 8.43. The lowest BCUT2D eigenvalue weighted by Gasteiger charge is -2.09. The van der Waals surface area contributed by atoms with E-state index < -0.39 is 5.91 Å². The Kier molecular flexibility index (Phi) is 6.29. The molecular formula is C18H14Cl2N2O3. The molecule has 0 heterocycles. The van der Waals surface area contributed by atoms with E-state index in [1.54, 1.807) is 30.3 Å². The summed E-state index contributed by atoms with van der Waals surface area (Å²) in [7, 11) is 3.03. The number of hydrogen-bond donors (Lipinski definition) is 1. The van der Waals surface area contributed by atoms with Crippen LogP contribution in [-0.2, 0) is 4.79 Å². The molecule has 128 valence electrons. The molecule has 0 saturated heterocycles. The Labute approximate surface area is 155 Å². The van der Waals surface area contributed by atoms with Crippen molar-refractivity contribution in [1.82, 2.24) is 0 Å². The van der Waals surface area contributed by atoms with E-state index in [9.17, 15) is 10.1 Å². The number of amides is 1. The molecule has 0 aliphatic heterocycles. The number of rotatable bonds is 5. The van der Waals surface area contributed by atoms with Gasteiger partial charge in [0, 0.05) is 5.02 Å². The standard InChI is InChI=1S/C18H14Cl2N2O3/c1-24-16-6-3-11(8-17(16)25-2)7-12(10-21)18(23)22-15-9-13(19)4-5-14(15)20/h3-9H,1-2H3,(H,22,23)/b12-7+. The SMILES string of the molecule is COc1ccc(/C=C(\C#N)C(=O)Nc2cc(Cl)ccc2Cl)cc1OC. The fourth-order valence-corrected chi connectivity index (χ4v) is 2.38. The zero-order chi connectivity index (χ0) is 18.4. The van der Waals surface area contributed by atoms with Gasteiger partial charge < -0.3 is 14.8 Å². The first-order valence-corrected chi connectivity index (χ1v) is 7.84. The third-order valence-corrected chi connectivity index (χ3v) is 3.82.